The number of hydrogen-bond donors (Lipinski definition) is 2. The second-order valence-electron chi connectivity index (χ2n) is 4.97. The summed E-state index contributed by atoms with van der Waals surface area (Å²) in [6.45, 7) is 0.716. The van der Waals surface area contributed by atoms with Gasteiger partial charge in [-0.3, -0.25) is 0 Å². The predicted octanol–water partition coefficient (Wildman–Crippen LogP) is 1.33. The zero-order chi connectivity index (χ0) is 12.4. The second kappa shape index (κ2) is 5.16. The Morgan fingerprint density at radius 2 is 2.06 bits per heavy atom. The first kappa shape index (κ1) is 11.8. The average Bonchev–Trinajstić information content (AvgIpc) is 3.22. The third kappa shape index (κ3) is 2.60. The molecule has 0 unspecified atom stereocenters. The minimum absolute atomic E-state index is 0.0207. The Kier molecular flexibility index (Phi) is 3.39. The molecule has 4 nitrogen and oxygen atoms in total. The van der Waals surface area contributed by atoms with Gasteiger partial charge < -0.3 is 19.9 Å². The molecule has 1 aliphatic carbocycles. The van der Waals surface area contributed by atoms with Crippen molar-refractivity contribution in [2.24, 2.45) is 0 Å². The summed E-state index contributed by atoms with van der Waals surface area (Å²) in [5.41, 5.74) is 0. The average molecular weight is 249 g/mol. The third-order valence-corrected chi connectivity index (χ3v) is 3.45. The van der Waals surface area contributed by atoms with Gasteiger partial charge in [0.1, 0.15) is 12.7 Å². The number of nitrogens with one attached hydrogen (secondary N) is 1. The largest absolute Gasteiger partial charge is 0.486 e. The molecule has 2 aliphatic rings. The summed E-state index contributed by atoms with van der Waals surface area (Å²) in [5.74, 6) is 1.61. The SMILES string of the molecule is OCC[C@H](NC1CC1)[C@@H]1COc2ccccc2O1. The monoisotopic (exact) mass is 249 g/mol. The molecule has 3 rings (SSSR count). The number of ether oxygens (including phenoxy) is 2. The molecule has 0 saturated heterocycles. The summed E-state index contributed by atoms with van der Waals surface area (Å²) >= 11 is 0. The van der Waals surface area contributed by atoms with E-state index in [2.05, 4.69) is 5.32 Å². The van der Waals surface area contributed by atoms with Gasteiger partial charge in [-0.25, -0.2) is 0 Å². The maximum Gasteiger partial charge on any atom is 0.161 e. The number of aliphatic hydroxyl groups is 1. The van der Waals surface area contributed by atoms with Crippen molar-refractivity contribution in [3.63, 3.8) is 0 Å². The molecule has 1 aliphatic heterocycles. The van der Waals surface area contributed by atoms with E-state index in [0.717, 1.165) is 11.5 Å². The maximum atomic E-state index is 9.16. The third-order valence-electron chi connectivity index (χ3n) is 3.45. The van der Waals surface area contributed by atoms with Crippen molar-refractivity contribution >= 4 is 0 Å². The van der Waals surface area contributed by atoms with Gasteiger partial charge in [-0.2, -0.15) is 0 Å². The highest BCUT2D eigenvalue weighted by Crippen LogP contribution is 2.32. The quantitative estimate of drug-likeness (QED) is 0.826. The Morgan fingerprint density at radius 1 is 1.28 bits per heavy atom. The molecule has 0 amide bonds. The van der Waals surface area contributed by atoms with Gasteiger partial charge in [-0.1, -0.05) is 12.1 Å². The van der Waals surface area contributed by atoms with Crippen LogP contribution in [0.3, 0.4) is 0 Å². The van der Waals surface area contributed by atoms with Crippen molar-refractivity contribution in [3.05, 3.63) is 24.3 Å². The molecule has 0 spiro atoms. The summed E-state index contributed by atoms with van der Waals surface area (Å²) in [7, 11) is 0. The van der Waals surface area contributed by atoms with Crippen molar-refractivity contribution in [1.29, 1.82) is 0 Å². The van der Waals surface area contributed by atoms with Crippen LogP contribution in [0.1, 0.15) is 19.3 Å². The highest BCUT2D eigenvalue weighted by atomic mass is 16.6. The minimum atomic E-state index is -0.0207. The van der Waals surface area contributed by atoms with E-state index in [1.54, 1.807) is 0 Å². The van der Waals surface area contributed by atoms with Crippen molar-refractivity contribution in [3.8, 4) is 11.5 Å². The Balaban J connectivity index is 1.68. The molecule has 1 aromatic carbocycles. The predicted molar refractivity (Wildman–Crippen MR) is 68.0 cm³/mol. The fourth-order valence-corrected chi connectivity index (χ4v) is 2.30. The lowest BCUT2D eigenvalue weighted by Gasteiger charge is -2.32. The standard InChI is InChI=1S/C14H19NO3/c16-8-7-11(15-10-5-6-10)14-9-17-12-3-1-2-4-13(12)18-14/h1-4,10-11,14-16H,5-9H2/t11-,14-/m0/s1. The van der Waals surface area contributed by atoms with Gasteiger partial charge in [-0.15, -0.1) is 0 Å². The van der Waals surface area contributed by atoms with Gasteiger partial charge >= 0.3 is 0 Å². The first-order valence-electron chi connectivity index (χ1n) is 6.62. The van der Waals surface area contributed by atoms with Crippen LogP contribution in [-0.2, 0) is 0 Å². The van der Waals surface area contributed by atoms with Gasteiger partial charge in [0.2, 0.25) is 0 Å². The number of benzene rings is 1. The highest BCUT2D eigenvalue weighted by Gasteiger charge is 2.32. The van der Waals surface area contributed by atoms with Crippen LogP contribution >= 0.6 is 0 Å². The summed E-state index contributed by atoms with van der Waals surface area (Å²) in [6, 6.07) is 8.49. The van der Waals surface area contributed by atoms with Crippen LogP contribution in [0, 0.1) is 0 Å². The minimum Gasteiger partial charge on any atom is -0.486 e. The molecule has 98 valence electrons. The summed E-state index contributed by atoms with van der Waals surface area (Å²) in [6.07, 6.45) is 3.14. The van der Waals surface area contributed by atoms with E-state index >= 15 is 0 Å². The van der Waals surface area contributed by atoms with Gasteiger partial charge in [0.05, 0.1) is 0 Å². The summed E-state index contributed by atoms with van der Waals surface area (Å²) in [4.78, 5) is 0. The van der Waals surface area contributed by atoms with E-state index in [-0.39, 0.29) is 18.8 Å². The lowest BCUT2D eigenvalue weighted by atomic mass is 10.1. The molecular weight excluding hydrogens is 230 g/mol. The number of aliphatic hydroxyl groups excluding tert-OH is 1. The lowest BCUT2D eigenvalue weighted by molar-refractivity contribution is 0.0533. The molecule has 1 heterocycles. The lowest BCUT2D eigenvalue weighted by Crippen LogP contribution is -2.49. The van der Waals surface area contributed by atoms with E-state index in [0.29, 0.717) is 19.1 Å². The number of para-hydroxylation sites is 2. The smallest absolute Gasteiger partial charge is 0.161 e. The zero-order valence-corrected chi connectivity index (χ0v) is 10.3. The fourth-order valence-electron chi connectivity index (χ4n) is 2.30. The molecule has 2 atom stereocenters. The summed E-state index contributed by atoms with van der Waals surface area (Å²) < 4.78 is 11.7. The Bertz CT molecular complexity index is 406. The van der Waals surface area contributed by atoms with Gasteiger partial charge in [0.15, 0.2) is 11.5 Å². The Labute approximate surface area is 107 Å². The molecule has 18 heavy (non-hydrogen) atoms. The van der Waals surface area contributed by atoms with E-state index < -0.39 is 0 Å². The van der Waals surface area contributed by atoms with Crippen molar-refractivity contribution in [2.75, 3.05) is 13.2 Å². The molecule has 1 fully saturated rings. The van der Waals surface area contributed by atoms with Crippen LogP contribution in [0.2, 0.25) is 0 Å². The molecule has 1 aromatic rings. The normalized spacial score (nSPS) is 23.7. The topological polar surface area (TPSA) is 50.7 Å². The van der Waals surface area contributed by atoms with Gasteiger partial charge in [0.25, 0.3) is 0 Å². The Morgan fingerprint density at radius 3 is 2.78 bits per heavy atom. The molecule has 0 radical (unpaired) electrons. The second-order valence-corrected chi connectivity index (χ2v) is 4.97. The summed E-state index contributed by atoms with van der Waals surface area (Å²) in [5, 5.41) is 12.7. The van der Waals surface area contributed by atoms with E-state index in [1.807, 2.05) is 24.3 Å². The Hall–Kier alpha value is -1.26. The van der Waals surface area contributed by atoms with E-state index in [4.69, 9.17) is 14.6 Å². The van der Waals surface area contributed by atoms with Crippen LogP contribution in [0.5, 0.6) is 11.5 Å². The van der Waals surface area contributed by atoms with Crippen LogP contribution < -0.4 is 14.8 Å². The van der Waals surface area contributed by atoms with Gasteiger partial charge in [-0.05, 0) is 31.4 Å². The van der Waals surface area contributed by atoms with Crippen LogP contribution in [-0.4, -0.2) is 36.5 Å². The van der Waals surface area contributed by atoms with E-state index in [9.17, 15) is 0 Å². The van der Waals surface area contributed by atoms with Crippen LogP contribution in [0.4, 0.5) is 0 Å². The maximum absolute atomic E-state index is 9.16. The van der Waals surface area contributed by atoms with Crippen molar-refractivity contribution in [1.82, 2.24) is 5.32 Å². The molecule has 0 aromatic heterocycles. The molecule has 2 N–H and O–H groups in total. The first-order chi connectivity index (χ1) is 8.86. The van der Waals surface area contributed by atoms with Gasteiger partial charge in [0, 0.05) is 18.7 Å². The molecule has 0 bridgehead atoms. The zero-order valence-electron chi connectivity index (χ0n) is 10.3. The van der Waals surface area contributed by atoms with Crippen molar-refractivity contribution < 1.29 is 14.6 Å². The first-order valence-corrected chi connectivity index (χ1v) is 6.62. The number of hydrogen-bond acceptors (Lipinski definition) is 4. The van der Waals surface area contributed by atoms with Crippen LogP contribution in [0.25, 0.3) is 0 Å². The fraction of sp³-hybridized carbons (Fsp3) is 0.571. The number of rotatable bonds is 5. The molecular formula is C14H19NO3. The van der Waals surface area contributed by atoms with E-state index in [1.165, 1.54) is 12.8 Å². The molecule has 1 saturated carbocycles. The van der Waals surface area contributed by atoms with Crippen LogP contribution in [0.15, 0.2) is 24.3 Å². The van der Waals surface area contributed by atoms with Crippen molar-refractivity contribution in [2.45, 2.75) is 37.5 Å². The molecule has 4 heteroatoms. The number of fused-ring (bicyclic) bond motifs is 1. The highest BCUT2D eigenvalue weighted by molar-refractivity contribution is 5.40.